The Labute approximate surface area is 108 Å². The summed E-state index contributed by atoms with van der Waals surface area (Å²) >= 11 is 0. The summed E-state index contributed by atoms with van der Waals surface area (Å²) in [7, 11) is 0. The quantitative estimate of drug-likeness (QED) is 0.882. The van der Waals surface area contributed by atoms with E-state index in [0.29, 0.717) is 0 Å². The highest BCUT2D eigenvalue weighted by molar-refractivity contribution is 5.82. The molecule has 1 heterocycles. The Morgan fingerprint density at radius 2 is 2.06 bits per heavy atom. The predicted octanol–water partition coefficient (Wildman–Crippen LogP) is 3.98. The van der Waals surface area contributed by atoms with Crippen LogP contribution >= 0.6 is 0 Å². The van der Waals surface area contributed by atoms with Crippen LogP contribution in [0.2, 0.25) is 0 Å². The average molecular weight is 243 g/mol. The first-order valence-corrected chi connectivity index (χ1v) is 6.79. The van der Waals surface area contributed by atoms with Gasteiger partial charge in [-0.05, 0) is 24.3 Å². The molecule has 0 saturated heterocycles. The SMILES string of the molecule is CC(C)(C)c1cccc2cc(CNC3CC3)oc12. The van der Waals surface area contributed by atoms with Gasteiger partial charge in [0.1, 0.15) is 11.3 Å². The molecule has 1 aliphatic carbocycles. The summed E-state index contributed by atoms with van der Waals surface area (Å²) in [6.07, 6.45) is 2.63. The van der Waals surface area contributed by atoms with Crippen LogP contribution in [0, 0.1) is 0 Å². The molecule has 3 rings (SSSR count). The first-order chi connectivity index (χ1) is 8.54. The molecule has 2 nitrogen and oxygen atoms in total. The molecule has 1 aromatic heterocycles. The molecular weight excluding hydrogens is 222 g/mol. The van der Waals surface area contributed by atoms with Crippen LogP contribution in [0.4, 0.5) is 0 Å². The van der Waals surface area contributed by atoms with Crippen LogP contribution in [-0.2, 0) is 12.0 Å². The Balaban J connectivity index is 1.94. The molecule has 0 radical (unpaired) electrons. The van der Waals surface area contributed by atoms with Crippen molar-refractivity contribution in [3.63, 3.8) is 0 Å². The smallest absolute Gasteiger partial charge is 0.138 e. The van der Waals surface area contributed by atoms with Gasteiger partial charge in [-0.15, -0.1) is 0 Å². The van der Waals surface area contributed by atoms with E-state index in [1.54, 1.807) is 0 Å². The van der Waals surface area contributed by atoms with Crippen LogP contribution in [0.1, 0.15) is 44.9 Å². The fourth-order valence-electron chi connectivity index (χ4n) is 2.33. The van der Waals surface area contributed by atoms with Gasteiger partial charge < -0.3 is 9.73 Å². The molecule has 1 aromatic carbocycles. The lowest BCUT2D eigenvalue weighted by Crippen LogP contribution is -2.14. The van der Waals surface area contributed by atoms with Gasteiger partial charge in [-0.3, -0.25) is 0 Å². The van der Waals surface area contributed by atoms with Crippen LogP contribution < -0.4 is 5.32 Å². The molecule has 1 saturated carbocycles. The lowest BCUT2D eigenvalue weighted by molar-refractivity contribution is 0.499. The highest BCUT2D eigenvalue weighted by Gasteiger charge is 2.22. The zero-order valence-corrected chi connectivity index (χ0v) is 11.4. The molecule has 0 aliphatic heterocycles. The lowest BCUT2D eigenvalue weighted by atomic mass is 9.86. The summed E-state index contributed by atoms with van der Waals surface area (Å²) in [4.78, 5) is 0. The standard InChI is InChI=1S/C16H21NO/c1-16(2,3)14-6-4-5-11-9-13(18-15(11)14)10-17-12-7-8-12/h4-6,9,12,17H,7-8,10H2,1-3H3. The number of para-hydroxylation sites is 1. The summed E-state index contributed by atoms with van der Waals surface area (Å²) in [5, 5.41) is 4.72. The number of fused-ring (bicyclic) bond motifs is 1. The van der Waals surface area contributed by atoms with E-state index < -0.39 is 0 Å². The van der Waals surface area contributed by atoms with E-state index in [9.17, 15) is 0 Å². The Morgan fingerprint density at radius 1 is 1.28 bits per heavy atom. The van der Waals surface area contributed by atoms with Crippen LogP contribution in [0.3, 0.4) is 0 Å². The Bertz CT molecular complexity index is 558. The third kappa shape index (κ3) is 2.30. The van der Waals surface area contributed by atoms with E-state index in [0.717, 1.165) is 23.9 Å². The van der Waals surface area contributed by atoms with Crippen LogP contribution in [-0.4, -0.2) is 6.04 Å². The van der Waals surface area contributed by atoms with Gasteiger partial charge in [0, 0.05) is 17.0 Å². The van der Waals surface area contributed by atoms with Crippen molar-refractivity contribution >= 4 is 11.0 Å². The highest BCUT2D eigenvalue weighted by Crippen LogP contribution is 2.32. The van der Waals surface area contributed by atoms with Crippen molar-refractivity contribution in [2.75, 3.05) is 0 Å². The van der Waals surface area contributed by atoms with Gasteiger partial charge in [0.25, 0.3) is 0 Å². The van der Waals surface area contributed by atoms with Crippen molar-refractivity contribution in [2.45, 2.75) is 51.6 Å². The maximum absolute atomic E-state index is 6.04. The van der Waals surface area contributed by atoms with Crippen LogP contribution in [0.5, 0.6) is 0 Å². The molecule has 1 N–H and O–H groups in total. The predicted molar refractivity (Wildman–Crippen MR) is 74.8 cm³/mol. The third-order valence-corrected chi connectivity index (χ3v) is 3.55. The monoisotopic (exact) mass is 243 g/mol. The summed E-state index contributed by atoms with van der Waals surface area (Å²) in [6.45, 7) is 7.54. The van der Waals surface area contributed by atoms with Crippen molar-refractivity contribution in [3.8, 4) is 0 Å². The largest absolute Gasteiger partial charge is 0.459 e. The molecule has 1 aliphatic rings. The van der Waals surface area contributed by atoms with E-state index >= 15 is 0 Å². The van der Waals surface area contributed by atoms with Gasteiger partial charge in [0.05, 0.1) is 6.54 Å². The maximum atomic E-state index is 6.04. The number of furan rings is 1. The lowest BCUT2D eigenvalue weighted by Gasteiger charge is -2.18. The number of hydrogen-bond acceptors (Lipinski definition) is 2. The fourth-order valence-corrected chi connectivity index (χ4v) is 2.33. The molecular formula is C16H21NO. The maximum Gasteiger partial charge on any atom is 0.138 e. The van der Waals surface area contributed by atoms with Crippen LogP contribution in [0.25, 0.3) is 11.0 Å². The van der Waals surface area contributed by atoms with Crippen molar-refractivity contribution in [2.24, 2.45) is 0 Å². The Hall–Kier alpha value is -1.28. The fraction of sp³-hybridized carbons (Fsp3) is 0.500. The number of rotatable bonds is 3. The van der Waals surface area contributed by atoms with Gasteiger partial charge in [0.2, 0.25) is 0 Å². The van der Waals surface area contributed by atoms with Gasteiger partial charge in [-0.2, -0.15) is 0 Å². The topological polar surface area (TPSA) is 25.2 Å². The Morgan fingerprint density at radius 3 is 2.72 bits per heavy atom. The third-order valence-electron chi connectivity index (χ3n) is 3.55. The number of nitrogens with one attached hydrogen (secondary N) is 1. The van der Waals surface area contributed by atoms with Crippen molar-refractivity contribution in [1.29, 1.82) is 0 Å². The van der Waals surface area contributed by atoms with E-state index in [1.165, 1.54) is 23.8 Å². The second-order valence-electron chi connectivity index (χ2n) is 6.34. The minimum absolute atomic E-state index is 0.124. The summed E-state index contributed by atoms with van der Waals surface area (Å²) in [5.74, 6) is 1.05. The van der Waals surface area contributed by atoms with Crippen molar-refractivity contribution in [3.05, 3.63) is 35.6 Å². The van der Waals surface area contributed by atoms with Crippen molar-refractivity contribution < 1.29 is 4.42 Å². The average Bonchev–Trinajstić information content (AvgIpc) is 3.03. The van der Waals surface area contributed by atoms with E-state index in [1.807, 2.05) is 0 Å². The number of hydrogen-bond donors (Lipinski definition) is 1. The van der Waals surface area contributed by atoms with Crippen molar-refractivity contribution in [1.82, 2.24) is 5.32 Å². The summed E-state index contributed by atoms with van der Waals surface area (Å²) < 4.78 is 6.04. The molecule has 18 heavy (non-hydrogen) atoms. The van der Waals surface area contributed by atoms with Crippen LogP contribution in [0.15, 0.2) is 28.7 Å². The van der Waals surface area contributed by atoms with E-state index in [-0.39, 0.29) is 5.41 Å². The highest BCUT2D eigenvalue weighted by atomic mass is 16.3. The van der Waals surface area contributed by atoms with Gasteiger partial charge >= 0.3 is 0 Å². The zero-order chi connectivity index (χ0) is 12.8. The van der Waals surface area contributed by atoms with Gasteiger partial charge in [-0.25, -0.2) is 0 Å². The Kier molecular flexibility index (Phi) is 2.70. The molecule has 2 aromatic rings. The molecule has 0 spiro atoms. The first kappa shape index (κ1) is 11.8. The molecule has 96 valence electrons. The molecule has 0 bridgehead atoms. The second kappa shape index (κ2) is 4.13. The molecule has 0 amide bonds. The normalized spacial score (nSPS) is 16.4. The molecule has 1 fully saturated rings. The van der Waals surface area contributed by atoms with E-state index in [2.05, 4.69) is 50.4 Å². The van der Waals surface area contributed by atoms with Gasteiger partial charge in [0.15, 0.2) is 0 Å². The minimum Gasteiger partial charge on any atom is -0.459 e. The molecule has 2 heteroatoms. The van der Waals surface area contributed by atoms with Gasteiger partial charge in [-0.1, -0.05) is 39.0 Å². The molecule has 0 atom stereocenters. The first-order valence-electron chi connectivity index (χ1n) is 6.79. The zero-order valence-electron chi connectivity index (χ0n) is 11.4. The summed E-state index contributed by atoms with van der Waals surface area (Å²) in [6, 6.07) is 9.31. The number of benzene rings is 1. The minimum atomic E-state index is 0.124. The van der Waals surface area contributed by atoms with E-state index in [4.69, 9.17) is 4.42 Å². The second-order valence-corrected chi connectivity index (χ2v) is 6.34. The molecule has 0 unspecified atom stereocenters. The summed E-state index contributed by atoms with van der Waals surface area (Å²) in [5.41, 5.74) is 2.47.